The Labute approximate surface area is 127 Å². The van der Waals surface area contributed by atoms with Crippen molar-refractivity contribution in [3.8, 4) is 11.5 Å². The van der Waals surface area contributed by atoms with Gasteiger partial charge in [0.2, 0.25) is 0 Å². The van der Waals surface area contributed by atoms with Gasteiger partial charge in [0.25, 0.3) is 0 Å². The molecule has 0 unspecified atom stereocenters. The van der Waals surface area contributed by atoms with Gasteiger partial charge in [-0.05, 0) is 30.5 Å². The van der Waals surface area contributed by atoms with Crippen LogP contribution in [0.3, 0.4) is 0 Å². The van der Waals surface area contributed by atoms with Crippen LogP contribution in [0, 0.1) is 0 Å². The number of rotatable bonds is 5. The Morgan fingerprint density at radius 1 is 1.20 bits per heavy atom. The van der Waals surface area contributed by atoms with E-state index in [1.807, 2.05) is 6.07 Å². The average Bonchev–Trinajstić information content (AvgIpc) is 2.38. The topological polar surface area (TPSA) is 41.9 Å². The third-order valence-corrected chi connectivity index (χ3v) is 4.80. The van der Waals surface area contributed by atoms with E-state index in [9.17, 15) is 5.11 Å². The largest absolute Gasteiger partial charge is 0.486 e. The van der Waals surface area contributed by atoms with E-state index < -0.39 is 0 Å². The first-order valence-corrected chi connectivity index (χ1v) is 8.00. The quantitative estimate of drug-likeness (QED) is 0.893. The second-order valence-corrected chi connectivity index (χ2v) is 6.22. The third kappa shape index (κ3) is 2.95. The number of ether oxygens (including phenoxy) is 2. The Morgan fingerprint density at radius 2 is 1.90 bits per heavy atom. The van der Waals surface area contributed by atoms with Crippen molar-refractivity contribution in [2.24, 2.45) is 0 Å². The number of nitrogens with zero attached hydrogens (tertiary/aromatic N) is 1. The Balaban J connectivity index is 1.78. The van der Waals surface area contributed by atoms with Crippen LogP contribution in [0.15, 0.2) is 16.6 Å². The molecule has 4 nitrogen and oxygen atoms in total. The molecule has 1 heterocycles. The fourth-order valence-corrected chi connectivity index (χ4v) is 3.16. The Morgan fingerprint density at radius 3 is 2.50 bits per heavy atom. The number of hydrogen-bond acceptors (Lipinski definition) is 4. The Kier molecular flexibility index (Phi) is 4.48. The van der Waals surface area contributed by atoms with Gasteiger partial charge in [0.05, 0.1) is 6.61 Å². The van der Waals surface area contributed by atoms with Crippen molar-refractivity contribution < 1.29 is 14.6 Å². The van der Waals surface area contributed by atoms with Gasteiger partial charge in [-0.15, -0.1) is 0 Å². The van der Waals surface area contributed by atoms with Crippen LogP contribution >= 0.6 is 15.9 Å². The molecule has 1 N–H and O–H groups in total. The minimum Gasteiger partial charge on any atom is -0.486 e. The third-order valence-electron chi connectivity index (χ3n) is 4.06. The molecule has 0 atom stereocenters. The van der Waals surface area contributed by atoms with Crippen LogP contribution in [-0.4, -0.2) is 42.4 Å². The lowest BCUT2D eigenvalue weighted by molar-refractivity contribution is 0.0940. The van der Waals surface area contributed by atoms with E-state index in [0.29, 0.717) is 19.3 Å². The summed E-state index contributed by atoms with van der Waals surface area (Å²) in [5.74, 6) is 1.64. The predicted octanol–water partition coefficient (Wildman–Crippen LogP) is 2.57. The molecular formula is C15H20BrNO3. The highest BCUT2D eigenvalue weighted by atomic mass is 79.9. The summed E-state index contributed by atoms with van der Waals surface area (Å²) in [6, 6.07) is 4.66. The van der Waals surface area contributed by atoms with Crippen molar-refractivity contribution >= 4 is 15.9 Å². The van der Waals surface area contributed by atoms with Gasteiger partial charge in [-0.25, -0.2) is 0 Å². The molecule has 1 saturated carbocycles. The van der Waals surface area contributed by atoms with Gasteiger partial charge in [-0.1, -0.05) is 22.4 Å². The van der Waals surface area contributed by atoms with Gasteiger partial charge < -0.3 is 14.6 Å². The average molecular weight is 342 g/mol. The standard InChI is InChI=1S/C15H20BrNO3/c16-13-9-15-14(19-6-7-20-15)8-11(13)10-17(4-5-18)12-2-1-3-12/h8-9,12,18H,1-7,10H2. The first-order chi connectivity index (χ1) is 9.78. The molecule has 1 aromatic rings. The van der Waals surface area contributed by atoms with Crippen LogP contribution in [0.25, 0.3) is 0 Å². The van der Waals surface area contributed by atoms with E-state index in [1.165, 1.54) is 24.8 Å². The summed E-state index contributed by atoms with van der Waals surface area (Å²) in [4.78, 5) is 2.36. The number of benzene rings is 1. The van der Waals surface area contributed by atoms with E-state index in [2.05, 4.69) is 26.9 Å². The van der Waals surface area contributed by atoms with E-state index in [1.54, 1.807) is 0 Å². The highest BCUT2D eigenvalue weighted by molar-refractivity contribution is 9.10. The molecule has 1 aliphatic carbocycles. The lowest BCUT2D eigenvalue weighted by atomic mass is 9.91. The van der Waals surface area contributed by atoms with Crippen molar-refractivity contribution in [3.63, 3.8) is 0 Å². The van der Waals surface area contributed by atoms with Crippen molar-refractivity contribution in [1.82, 2.24) is 4.90 Å². The number of aliphatic hydroxyl groups excluding tert-OH is 1. The molecule has 20 heavy (non-hydrogen) atoms. The summed E-state index contributed by atoms with van der Waals surface area (Å²) in [5, 5.41) is 9.25. The minimum absolute atomic E-state index is 0.207. The first-order valence-electron chi connectivity index (χ1n) is 7.21. The Bertz CT molecular complexity index is 476. The summed E-state index contributed by atoms with van der Waals surface area (Å²) in [6.07, 6.45) is 3.78. The van der Waals surface area contributed by atoms with E-state index >= 15 is 0 Å². The molecule has 1 fully saturated rings. The normalized spacial score (nSPS) is 18.1. The molecular weight excluding hydrogens is 322 g/mol. The first kappa shape index (κ1) is 14.2. The van der Waals surface area contributed by atoms with Crippen LogP contribution in [0.1, 0.15) is 24.8 Å². The van der Waals surface area contributed by atoms with Gasteiger partial charge in [0.15, 0.2) is 11.5 Å². The number of fused-ring (bicyclic) bond motifs is 1. The van der Waals surface area contributed by atoms with Gasteiger partial charge >= 0.3 is 0 Å². The van der Waals surface area contributed by atoms with E-state index in [0.717, 1.165) is 29.1 Å². The van der Waals surface area contributed by atoms with Crippen molar-refractivity contribution in [3.05, 3.63) is 22.2 Å². The molecule has 1 aliphatic heterocycles. The maximum atomic E-state index is 9.25. The molecule has 0 spiro atoms. The monoisotopic (exact) mass is 341 g/mol. The van der Waals surface area contributed by atoms with E-state index in [4.69, 9.17) is 9.47 Å². The maximum Gasteiger partial charge on any atom is 0.162 e. The van der Waals surface area contributed by atoms with E-state index in [-0.39, 0.29) is 6.61 Å². The predicted molar refractivity (Wildman–Crippen MR) is 80.3 cm³/mol. The molecule has 0 aromatic heterocycles. The fraction of sp³-hybridized carbons (Fsp3) is 0.600. The minimum atomic E-state index is 0.207. The van der Waals surface area contributed by atoms with Crippen molar-refractivity contribution in [1.29, 1.82) is 0 Å². The lowest BCUT2D eigenvalue weighted by Crippen LogP contribution is -2.41. The zero-order chi connectivity index (χ0) is 13.9. The molecule has 0 bridgehead atoms. The molecule has 0 amide bonds. The molecule has 2 aliphatic rings. The zero-order valence-electron chi connectivity index (χ0n) is 11.5. The highest BCUT2D eigenvalue weighted by Gasteiger charge is 2.25. The van der Waals surface area contributed by atoms with Crippen LogP contribution in [0.5, 0.6) is 11.5 Å². The summed E-state index contributed by atoms with van der Waals surface area (Å²) < 4.78 is 12.3. The molecule has 0 saturated heterocycles. The van der Waals surface area contributed by atoms with Crippen LogP contribution in [-0.2, 0) is 6.54 Å². The number of hydrogen-bond donors (Lipinski definition) is 1. The molecule has 0 radical (unpaired) electrons. The Hall–Kier alpha value is -0.780. The highest BCUT2D eigenvalue weighted by Crippen LogP contribution is 2.37. The smallest absolute Gasteiger partial charge is 0.162 e. The van der Waals surface area contributed by atoms with Gasteiger partial charge in [-0.2, -0.15) is 0 Å². The van der Waals surface area contributed by atoms with Gasteiger partial charge in [-0.3, -0.25) is 4.90 Å². The molecule has 3 rings (SSSR count). The van der Waals surface area contributed by atoms with Crippen LogP contribution < -0.4 is 9.47 Å². The second kappa shape index (κ2) is 6.33. The molecule has 110 valence electrons. The van der Waals surface area contributed by atoms with Crippen LogP contribution in [0.2, 0.25) is 0 Å². The van der Waals surface area contributed by atoms with Crippen LogP contribution in [0.4, 0.5) is 0 Å². The lowest BCUT2D eigenvalue weighted by Gasteiger charge is -2.37. The second-order valence-electron chi connectivity index (χ2n) is 5.37. The molecule has 5 heteroatoms. The summed E-state index contributed by atoms with van der Waals surface area (Å²) in [6.45, 7) is 2.99. The SMILES string of the molecule is OCCN(Cc1cc2c(cc1Br)OCCO2)C1CCC1. The summed E-state index contributed by atoms with van der Waals surface area (Å²) in [7, 11) is 0. The number of aliphatic hydroxyl groups is 1. The maximum absolute atomic E-state index is 9.25. The summed E-state index contributed by atoms with van der Waals surface area (Å²) >= 11 is 3.62. The van der Waals surface area contributed by atoms with Crippen molar-refractivity contribution in [2.45, 2.75) is 31.8 Å². The summed E-state index contributed by atoms with van der Waals surface area (Å²) in [5.41, 5.74) is 1.19. The van der Waals surface area contributed by atoms with Gasteiger partial charge in [0.1, 0.15) is 13.2 Å². The molecule has 1 aromatic carbocycles. The fourth-order valence-electron chi connectivity index (χ4n) is 2.72. The zero-order valence-corrected chi connectivity index (χ0v) is 13.1. The van der Waals surface area contributed by atoms with Gasteiger partial charge in [0, 0.05) is 23.6 Å². The van der Waals surface area contributed by atoms with Crippen molar-refractivity contribution in [2.75, 3.05) is 26.4 Å². The number of halogens is 1.